The maximum absolute atomic E-state index is 12.2. The molecule has 2 rings (SSSR count). The maximum Gasteiger partial charge on any atom is 0.223 e. The number of amides is 1. The van der Waals surface area contributed by atoms with Crippen molar-refractivity contribution < 1.29 is 4.79 Å². The molecule has 1 atom stereocenters. The topological polar surface area (TPSA) is 54.0 Å². The monoisotopic (exact) mass is 311 g/mol. The van der Waals surface area contributed by atoms with Crippen molar-refractivity contribution in [2.45, 2.75) is 32.6 Å². The van der Waals surface area contributed by atoms with Crippen LogP contribution in [0.2, 0.25) is 0 Å². The third kappa shape index (κ3) is 5.29. The molecule has 0 saturated carbocycles. The van der Waals surface area contributed by atoms with E-state index in [1.165, 1.54) is 5.56 Å². The number of halogens is 1. The van der Waals surface area contributed by atoms with E-state index in [2.05, 4.69) is 35.5 Å². The average molecular weight is 312 g/mol. The van der Waals surface area contributed by atoms with Crippen LogP contribution in [0.15, 0.2) is 24.5 Å². The molecule has 0 bridgehead atoms. The Hall–Kier alpha value is -1.13. The van der Waals surface area contributed by atoms with Gasteiger partial charge >= 0.3 is 0 Å². The zero-order chi connectivity index (χ0) is 14.4. The highest BCUT2D eigenvalue weighted by Crippen LogP contribution is 2.23. The molecule has 0 aromatic carbocycles. The van der Waals surface area contributed by atoms with Crippen molar-refractivity contribution in [1.82, 2.24) is 15.6 Å². The zero-order valence-corrected chi connectivity index (χ0v) is 13.7. The summed E-state index contributed by atoms with van der Waals surface area (Å²) in [5.41, 5.74) is 1.20. The molecule has 1 aromatic rings. The molecule has 1 fully saturated rings. The van der Waals surface area contributed by atoms with Gasteiger partial charge in [-0.1, -0.05) is 19.9 Å². The highest BCUT2D eigenvalue weighted by Gasteiger charge is 2.23. The summed E-state index contributed by atoms with van der Waals surface area (Å²) in [5, 5.41) is 6.43. The van der Waals surface area contributed by atoms with Gasteiger partial charge in [-0.2, -0.15) is 0 Å². The van der Waals surface area contributed by atoms with E-state index in [-0.39, 0.29) is 24.2 Å². The molecule has 21 heavy (non-hydrogen) atoms. The zero-order valence-electron chi connectivity index (χ0n) is 12.8. The fourth-order valence-electron chi connectivity index (χ4n) is 2.77. The van der Waals surface area contributed by atoms with Gasteiger partial charge in [0.2, 0.25) is 5.91 Å². The Labute approximate surface area is 133 Å². The average Bonchev–Trinajstić information content (AvgIpc) is 2.49. The number of piperidine rings is 1. The first-order chi connectivity index (χ1) is 9.68. The third-order valence-electron chi connectivity index (χ3n) is 4.12. The Morgan fingerprint density at radius 2 is 2.14 bits per heavy atom. The summed E-state index contributed by atoms with van der Waals surface area (Å²) in [6, 6.07) is 4.05. The van der Waals surface area contributed by atoms with Crippen LogP contribution in [0.25, 0.3) is 0 Å². The Morgan fingerprint density at radius 3 is 2.71 bits per heavy atom. The van der Waals surface area contributed by atoms with Crippen LogP contribution in [-0.4, -0.2) is 30.5 Å². The molecule has 1 aliphatic heterocycles. The van der Waals surface area contributed by atoms with Gasteiger partial charge < -0.3 is 10.6 Å². The second kappa shape index (κ2) is 9.00. The summed E-state index contributed by atoms with van der Waals surface area (Å²) in [5.74, 6) is 1.20. The Kier molecular flexibility index (Phi) is 7.68. The van der Waals surface area contributed by atoms with Crippen LogP contribution in [0.1, 0.15) is 38.2 Å². The molecule has 1 saturated heterocycles. The second-order valence-corrected chi connectivity index (χ2v) is 5.91. The van der Waals surface area contributed by atoms with Crippen LogP contribution >= 0.6 is 12.4 Å². The Balaban J connectivity index is 0.00000220. The van der Waals surface area contributed by atoms with E-state index in [1.807, 2.05) is 12.3 Å². The summed E-state index contributed by atoms with van der Waals surface area (Å²) >= 11 is 0. The van der Waals surface area contributed by atoms with E-state index in [9.17, 15) is 4.79 Å². The van der Waals surface area contributed by atoms with Crippen LogP contribution in [0, 0.1) is 11.8 Å². The van der Waals surface area contributed by atoms with Crippen LogP contribution in [0.4, 0.5) is 0 Å². The van der Waals surface area contributed by atoms with Gasteiger partial charge in [0, 0.05) is 30.8 Å². The Bertz CT molecular complexity index is 419. The number of hydrogen-bond donors (Lipinski definition) is 2. The summed E-state index contributed by atoms with van der Waals surface area (Å²) in [4.78, 5) is 16.4. The van der Waals surface area contributed by atoms with E-state index in [1.54, 1.807) is 6.20 Å². The van der Waals surface area contributed by atoms with Gasteiger partial charge in [0.25, 0.3) is 0 Å². The highest BCUT2D eigenvalue weighted by molar-refractivity contribution is 5.85. The standard InChI is InChI=1S/C16H25N3O.ClH/c1-12(2)15(14-4-3-7-18-10-14)11-19-16(20)13-5-8-17-9-6-13;/h3-4,7,10,12-13,15,17H,5-6,8-9,11H2,1-2H3,(H,19,20);1H. The second-order valence-electron chi connectivity index (χ2n) is 5.91. The number of carbonyl (C=O) groups excluding carboxylic acids is 1. The molecular weight excluding hydrogens is 286 g/mol. The molecule has 1 aliphatic rings. The van der Waals surface area contributed by atoms with Crippen LogP contribution in [0.3, 0.4) is 0 Å². The molecular formula is C16H26ClN3O. The van der Waals surface area contributed by atoms with Crippen molar-refractivity contribution in [2.75, 3.05) is 19.6 Å². The van der Waals surface area contributed by atoms with Gasteiger partial charge in [-0.05, 0) is 43.5 Å². The minimum absolute atomic E-state index is 0. The van der Waals surface area contributed by atoms with Crippen molar-refractivity contribution >= 4 is 18.3 Å². The molecule has 0 aliphatic carbocycles. The van der Waals surface area contributed by atoms with Crippen LogP contribution in [-0.2, 0) is 4.79 Å². The molecule has 2 heterocycles. The molecule has 1 unspecified atom stereocenters. The van der Waals surface area contributed by atoms with Crippen molar-refractivity contribution in [3.05, 3.63) is 30.1 Å². The molecule has 118 valence electrons. The lowest BCUT2D eigenvalue weighted by molar-refractivity contribution is -0.125. The molecule has 1 amide bonds. The highest BCUT2D eigenvalue weighted by atomic mass is 35.5. The Morgan fingerprint density at radius 1 is 1.43 bits per heavy atom. The lowest BCUT2D eigenvalue weighted by Crippen LogP contribution is -2.40. The maximum atomic E-state index is 12.2. The quantitative estimate of drug-likeness (QED) is 0.877. The number of pyridine rings is 1. The van der Waals surface area contributed by atoms with Crippen molar-refractivity contribution in [1.29, 1.82) is 0 Å². The van der Waals surface area contributed by atoms with Crippen LogP contribution in [0.5, 0.6) is 0 Å². The van der Waals surface area contributed by atoms with Crippen molar-refractivity contribution in [2.24, 2.45) is 11.8 Å². The predicted molar refractivity (Wildman–Crippen MR) is 87.7 cm³/mol. The normalized spacial score (nSPS) is 17.1. The summed E-state index contributed by atoms with van der Waals surface area (Å²) in [7, 11) is 0. The fourth-order valence-corrected chi connectivity index (χ4v) is 2.77. The summed E-state index contributed by atoms with van der Waals surface area (Å²) in [6.07, 6.45) is 5.59. The van der Waals surface area contributed by atoms with Gasteiger partial charge in [-0.3, -0.25) is 9.78 Å². The minimum Gasteiger partial charge on any atom is -0.355 e. The van der Waals surface area contributed by atoms with Gasteiger partial charge in [-0.15, -0.1) is 12.4 Å². The van der Waals surface area contributed by atoms with E-state index in [4.69, 9.17) is 0 Å². The molecule has 0 radical (unpaired) electrons. The van der Waals surface area contributed by atoms with Gasteiger partial charge in [0.15, 0.2) is 0 Å². The molecule has 2 N–H and O–H groups in total. The number of rotatable bonds is 5. The lowest BCUT2D eigenvalue weighted by Gasteiger charge is -2.25. The predicted octanol–water partition coefficient (Wildman–Crippen LogP) is 2.36. The number of carbonyl (C=O) groups is 1. The first-order valence-electron chi connectivity index (χ1n) is 7.57. The largest absolute Gasteiger partial charge is 0.355 e. The first-order valence-corrected chi connectivity index (χ1v) is 7.57. The van der Waals surface area contributed by atoms with E-state index >= 15 is 0 Å². The van der Waals surface area contributed by atoms with Crippen molar-refractivity contribution in [3.8, 4) is 0 Å². The van der Waals surface area contributed by atoms with Gasteiger partial charge in [0.1, 0.15) is 0 Å². The minimum atomic E-state index is 0. The smallest absolute Gasteiger partial charge is 0.223 e. The summed E-state index contributed by atoms with van der Waals surface area (Å²) in [6.45, 7) is 6.98. The molecule has 1 aromatic heterocycles. The SMILES string of the molecule is CC(C)C(CNC(=O)C1CCNCC1)c1cccnc1.Cl. The van der Waals surface area contributed by atoms with Crippen molar-refractivity contribution in [3.63, 3.8) is 0 Å². The number of nitrogens with one attached hydrogen (secondary N) is 2. The number of nitrogens with zero attached hydrogens (tertiary/aromatic N) is 1. The fraction of sp³-hybridized carbons (Fsp3) is 0.625. The molecule has 4 nitrogen and oxygen atoms in total. The summed E-state index contributed by atoms with van der Waals surface area (Å²) < 4.78 is 0. The molecule has 5 heteroatoms. The number of hydrogen-bond acceptors (Lipinski definition) is 3. The lowest BCUT2D eigenvalue weighted by atomic mass is 9.89. The van der Waals surface area contributed by atoms with Gasteiger partial charge in [-0.25, -0.2) is 0 Å². The molecule has 0 spiro atoms. The van der Waals surface area contributed by atoms with E-state index in [0.717, 1.165) is 25.9 Å². The third-order valence-corrected chi connectivity index (χ3v) is 4.12. The van der Waals surface area contributed by atoms with Crippen LogP contribution < -0.4 is 10.6 Å². The van der Waals surface area contributed by atoms with E-state index in [0.29, 0.717) is 18.4 Å². The number of aromatic nitrogens is 1. The van der Waals surface area contributed by atoms with Gasteiger partial charge in [0.05, 0.1) is 0 Å². The van der Waals surface area contributed by atoms with E-state index < -0.39 is 0 Å². The first kappa shape index (κ1) is 17.9.